The van der Waals surface area contributed by atoms with Gasteiger partial charge in [0.1, 0.15) is 0 Å². The van der Waals surface area contributed by atoms with E-state index < -0.39 is 5.91 Å². The number of benzene rings is 1. The van der Waals surface area contributed by atoms with Crippen LogP contribution in [0, 0.1) is 0 Å². The van der Waals surface area contributed by atoms with E-state index in [-0.39, 0.29) is 5.78 Å². The lowest BCUT2D eigenvalue weighted by Crippen LogP contribution is -2.08. The number of carbonyl (C=O) groups excluding carboxylic acids is 2. The van der Waals surface area contributed by atoms with Gasteiger partial charge in [0.15, 0.2) is 5.78 Å². The largest absolute Gasteiger partial charge is 0.365 e. The van der Waals surface area contributed by atoms with Gasteiger partial charge in [-0.25, -0.2) is 0 Å². The molecule has 0 saturated carbocycles. The van der Waals surface area contributed by atoms with Gasteiger partial charge in [-0.15, -0.1) is 11.3 Å². The van der Waals surface area contributed by atoms with Crippen LogP contribution in [0.15, 0.2) is 30.3 Å². The Balaban J connectivity index is 0.000000162. The highest BCUT2D eigenvalue weighted by molar-refractivity contribution is 7.15. The van der Waals surface area contributed by atoms with Crippen molar-refractivity contribution in [3.8, 4) is 0 Å². The summed E-state index contributed by atoms with van der Waals surface area (Å²) in [5.74, 6) is -0.428. The first-order valence-electron chi connectivity index (χ1n) is 7.21. The number of primary amides is 1. The van der Waals surface area contributed by atoms with Gasteiger partial charge < -0.3 is 5.73 Å². The van der Waals surface area contributed by atoms with Gasteiger partial charge in [-0.3, -0.25) is 9.59 Å². The number of amides is 1. The number of carbonyl (C=O) groups is 2. The highest BCUT2D eigenvalue weighted by Crippen LogP contribution is 2.24. The number of hydrogen-bond acceptors (Lipinski definition) is 3. The maximum absolute atomic E-state index is 11.1. The zero-order chi connectivity index (χ0) is 16.1. The van der Waals surface area contributed by atoms with Crippen molar-refractivity contribution < 1.29 is 9.59 Å². The summed E-state index contributed by atoms with van der Waals surface area (Å²) in [5, 5.41) is 0.876. The van der Waals surface area contributed by atoms with Crippen LogP contribution < -0.4 is 5.73 Å². The number of aryl methyl sites for hydroxylation is 2. The van der Waals surface area contributed by atoms with E-state index in [9.17, 15) is 9.59 Å². The lowest BCUT2D eigenvalue weighted by atomic mass is 10.1. The van der Waals surface area contributed by atoms with Gasteiger partial charge in [0.05, 0.1) is 9.75 Å². The summed E-state index contributed by atoms with van der Waals surface area (Å²) in [5.41, 5.74) is 7.97. The zero-order valence-electron chi connectivity index (χ0n) is 12.4. The van der Waals surface area contributed by atoms with Crippen LogP contribution in [0.4, 0.5) is 0 Å². The fourth-order valence-electron chi connectivity index (χ4n) is 2.33. The Hall–Kier alpha value is -1.65. The molecule has 0 atom stereocenters. The number of fused-ring (bicyclic) bond motifs is 1. The quantitative estimate of drug-likeness (QED) is 0.851. The van der Waals surface area contributed by atoms with E-state index in [1.165, 1.54) is 30.4 Å². The molecule has 22 heavy (non-hydrogen) atoms. The molecule has 1 amide bonds. The molecule has 0 aliphatic heterocycles. The lowest BCUT2D eigenvalue weighted by molar-refractivity contribution is 0.0989. The van der Waals surface area contributed by atoms with Crippen molar-refractivity contribution in [3.05, 3.63) is 56.2 Å². The normalized spacial score (nSPS) is 12.3. The second-order valence-corrected chi connectivity index (χ2v) is 6.59. The van der Waals surface area contributed by atoms with Gasteiger partial charge in [0.2, 0.25) is 0 Å². The molecular formula is C17H18ClNO2S. The smallest absolute Gasteiger partial charge is 0.258 e. The van der Waals surface area contributed by atoms with E-state index in [1.54, 1.807) is 19.1 Å². The number of Topliss-reactive ketones (excluding diaryl/α,β-unsaturated/α-hetero) is 1. The van der Waals surface area contributed by atoms with Gasteiger partial charge >= 0.3 is 0 Å². The molecule has 3 rings (SSSR count). The molecule has 0 saturated heterocycles. The van der Waals surface area contributed by atoms with Crippen LogP contribution in [0.3, 0.4) is 0 Å². The third-order valence-electron chi connectivity index (χ3n) is 3.51. The molecule has 0 spiro atoms. The number of ketones is 1. The zero-order valence-corrected chi connectivity index (χ0v) is 14.0. The van der Waals surface area contributed by atoms with Crippen molar-refractivity contribution in [1.29, 1.82) is 0 Å². The molecule has 2 N–H and O–H groups in total. The first-order chi connectivity index (χ1) is 10.5. The average Bonchev–Trinajstić information content (AvgIpc) is 3.15. The summed E-state index contributed by atoms with van der Waals surface area (Å²) in [6.07, 6.45) is 4.22. The summed E-state index contributed by atoms with van der Waals surface area (Å²) in [6, 6.07) is 9.42. The molecule has 0 unspecified atom stereocenters. The Bertz CT molecular complexity index is 694. The number of rotatable bonds is 3. The second kappa shape index (κ2) is 7.56. The molecule has 1 heterocycles. The van der Waals surface area contributed by atoms with E-state index >= 15 is 0 Å². The topological polar surface area (TPSA) is 60.2 Å². The summed E-state index contributed by atoms with van der Waals surface area (Å²) >= 11 is 6.97. The van der Waals surface area contributed by atoms with E-state index in [4.69, 9.17) is 17.3 Å². The van der Waals surface area contributed by atoms with Crippen molar-refractivity contribution >= 4 is 34.6 Å². The van der Waals surface area contributed by atoms with E-state index in [2.05, 4.69) is 12.1 Å². The Morgan fingerprint density at radius 1 is 1.14 bits per heavy atom. The fourth-order valence-corrected chi connectivity index (χ4v) is 3.40. The summed E-state index contributed by atoms with van der Waals surface area (Å²) in [4.78, 5) is 22.8. The predicted octanol–water partition coefficient (Wildman–Crippen LogP) is 4.27. The van der Waals surface area contributed by atoms with Crippen molar-refractivity contribution in [3.63, 3.8) is 0 Å². The van der Waals surface area contributed by atoms with Crippen molar-refractivity contribution in [2.75, 3.05) is 0 Å². The molecule has 1 aromatic heterocycles. The van der Waals surface area contributed by atoms with Gasteiger partial charge in [-0.1, -0.05) is 24.6 Å². The fraction of sp³-hybridized carbons (Fsp3) is 0.294. The van der Waals surface area contributed by atoms with Crippen molar-refractivity contribution in [1.82, 2.24) is 0 Å². The van der Waals surface area contributed by atoms with Crippen LogP contribution in [0.5, 0.6) is 0 Å². The SMILES string of the molecule is CCC(=O)c1ccc(C(N)=O)s1.Clc1ccc2c(c1)CCC2. The number of hydrogen-bond donors (Lipinski definition) is 1. The highest BCUT2D eigenvalue weighted by Gasteiger charge is 2.10. The molecule has 5 heteroatoms. The minimum atomic E-state index is -0.477. The Labute approximate surface area is 139 Å². The minimum absolute atomic E-state index is 0.0486. The van der Waals surface area contributed by atoms with Gasteiger partial charge in [-0.2, -0.15) is 0 Å². The van der Waals surface area contributed by atoms with Crippen LogP contribution in [0.25, 0.3) is 0 Å². The Morgan fingerprint density at radius 3 is 2.45 bits per heavy atom. The first kappa shape index (κ1) is 16.7. The molecule has 0 fully saturated rings. The number of halogens is 1. The number of nitrogens with two attached hydrogens (primary N) is 1. The van der Waals surface area contributed by atoms with E-state index in [0.29, 0.717) is 16.2 Å². The van der Waals surface area contributed by atoms with Gasteiger partial charge in [0.25, 0.3) is 5.91 Å². The maximum atomic E-state index is 11.1. The maximum Gasteiger partial charge on any atom is 0.258 e. The summed E-state index contributed by atoms with van der Waals surface area (Å²) in [6.45, 7) is 1.78. The van der Waals surface area contributed by atoms with Crippen LogP contribution in [-0.4, -0.2) is 11.7 Å². The molecule has 0 radical (unpaired) electrons. The predicted molar refractivity (Wildman–Crippen MR) is 90.9 cm³/mol. The first-order valence-corrected chi connectivity index (χ1v) is 8.41. The molecule has 1 aliphatic rings. The molecule has 2 aromatic rings. The molecule has 116 valence electrons. The van der Waals surface area contributed by atoms with E-state index in [1.807, 2.05) is 6.07 Å². The van der Waals surface area contributed by atoms with Gasteiger partial charge in [0, 0.05) is 11.4 Å². The third-order valence-corrected chi connectivity index (χ3v) is 4.88. The molecule has 0 bridgehead atoms. The van der Waals surface area contributed by atoms with Crippen LogP contribution in [0.1, 0.15) is 50.2 Å². The van der Waals surface area contributed by atoms with Gasteiger partial charge in [-0.05, 0) is 54.7 Å². The van der Waals surface area contributed by atoms with Crippen molar-refractivity contribution in [2.45, 2.75) is 32.6 Å². The minimum Gasteiger partial charge on any atom is -0.365 e. The average molecular weight is 336 g/mol. The molecular weight excluding hydrogens is 318 g/mol. The summed E-state index contributed by atoms with van der Waals surface area (Å²) < 4.78 is 0. The lowest BCUT2D eigenvalue weighted by Gasteiger charge is -1.96. The Kier molecular flexibility index (Phi) is 5.75. The van der Waals surface area contributed by atoms with Crippen LogP contribution >= 0.6 is 22.9 Å². The summed E-state index contributed by atoms with van der Waals surface area (Å²) in [7, 11) is 0. The van der Waals surface area contributed by atoms with E-state index in [0.717, 1.165) is 16.4 Å². The molecule has 1 aromatic carbocycles. The van der Waals surface area contributed by atoms with Crippen LogP contribution in [0.2, 0.25) is 5.02 Å². The Morgan fingerprint density at radius 2 is 1.82 bits per heavy atom. The second-order valence-electron chi connectivity index (χ2n) is 5.07. The third kappa shape index (κ3) is 4.18. The number of thiophene rings is 1. The standard InChI is InChI=1S/C9H9Cl.C8H9NO2S/c10-9-5-4-7-2-1-3-8(7)6-9;1-2-5(10)6-3-4-7(12-6)8(9)11/h4-6H,1-3H2;3-4H,2H2,1H3,(H2,9,11). The monoisotopic (exact) mass is 335 g/mol. The molecule has 1 aliphatic carbocycles. The highest BCUT2D eigenvalue weighted by atomic mass is 35.5. The van der Waals surface area contributed by atoms with Crippen LogP contribution in [-0.2, 0) is 12.8 Å². The molecule has 3 nitrogen and oxygen atoms in total. The van der Waals surface area contributed by atoms with Crippen molar-refractivity contribution in [2.24, 2.45) is 5.73 Å².